The van der Waals surface area contributed by atoms with Crippen LogP contribution in [0.4, 0.5) is 5.69 Å². The summed E-state index contributed by atoms with van der Waals surface area (Å²) >= 11 is 0. The summed E-state index contributed by atoms with van der Waals surface area (Å²) in [5.74, 6) is -0.366. The van der Waals surface area contributed by atoms with E-state index >= 15 is 0 Å². The van der Waals surface area contributed by atoms with Crippen molar-refractivity contribution in [3.63, 3.8) is 0 Å². The number of nitrogens with zero attached hydrogens (tertiary/aromatic N) is 1. The number of hydrogen-bond acceptors (Lipinski definition) is 3. The number of carbonyl (C=O) groups excluding carboxylic acids is 1. The minimum Gasteiger partial charge on any atom is -0.369 e. The Labute approximate surface area is 95.4 Å². The molecule has 0 atom stereocenters. The van der Waals surface area contributed by atoms with Crippen LogP contribution in [-0.2, 0) is 0 Å². The zero-order valence-corrected chi connectivity index (χ0v) is 9.49. The Morgan fingerprint density at radius 2 is 2.06 bits per heavy atom. The Hall–Kier alpha value is -1.55. The summed E-state index contributed by atoms with van der Waals surface area (Å²) in [7, 11) is 0. The number of anilines is 1. The molecule has 0 spiro atoms. The van der Waals surface area contributed by atoms with Crippen LogP contribution in [0.2, 0.25) is 0 Å². The van der Waals surface area contributed by atoms with Crippen molar-refractivity contribution in [3.05, 3.63) is 29.3 Å². The van der Waals surface area contributed by atoms with E-state index < -0.39 is 0 Å². The third kappa shape index (κ3) is 2.17. The summed E-state index contributed by atoms with van der Waals surface area (Å²) in [6.45, 7) is 6.06. The van der Waals surface area contributed by atoms with E-state index in [9.17, 15) is 4.79 Å². The van der Waals surface area contributed by atoms with Crippen LogP contribution in [-0.4, -0.2) is 32.1 Å². The Bertz CT molecular complexity index is 397. The molecular formula is C12H17N3O. The van der Waals surface area contributed by atoms with Crippen molar-refractivity contribution in [1.82, 2.24) is 5.32 Å². The lowest BCUT2D eigenvalue weighted by molar-refractivity contribution is 0.1000. The van der Waals surface area contributed by atoms with Gasteiger partial charge in [-0.05, 0) is 30.7 Å². The highest BCUT2D eigenvalue weighted by atomic mass is 16.1. The molecule has 0 radical (unpaired) electrons. The van der Waals surface area contributed by atoms with Crippen LogP contribution >= 0.6 is 0 Å². The van der Waals surface area contributed by atoms with Gasteiger partial charge in [-0.3, -0.25) is 4.79 Å². The van der Waals surface area contributed by atoms with Gasteiger partial charge in [0.2, 0.25) is 5.91 Å². The normalized spacial score (nSPS) is 16.2. The largest absolute Gasteiger partial charge is 0.369 e. The molecule has 1 aromatic rings. The van der Waals surface area contributed by atoms with Gasteiger partial charge < -0.3 is 16.0 Å². The molecule has 1 aromatic carbocycles. The van der Waals surface area contributed by atoms with Crippen molar-refractivity contribution in [2.24, 2.45) is 5.73 Å². The van der Waals surface area contributed by atoms with E-state index in [0.717, 1.165) is 31.7 Å². The number of amides is 1. The summed E-state index contributed by atoms with van der Waals surface area (Å²) in [6, 6.07) is 5.65. The second-order valence-corrected chi connectivity index (χ2v) is 4.10. The van der Waals surface area contributed by atoms with E-state index in [1.807, 2.05) is 19.1 Å². The molecule has 1 fully saturated rings. The van der Waals surface area contributed by atoms with E-state index in [1.54, 1.807) is 6.07 Å². The van der Waals surface area contributed by atoms with E-state index in [4.69, 9.17) is 5.73 Å². The van der Waals surface area contributed by atoms with Gasteiger partial charge in [0.25, 0.3) is 0 Å². The zero-order chi connectivity index (χ0) is 11.5. The lowest BCUT2D eigenvalue weighted by Gasteiger charge is -2.30. The molecule has 86 valence electrons. The van der Waals surface area contributed by atoms with Gasteiger partial charge in [0, 0.05) is 37.4 Å². The maximum atomic E-state index is 11.0. The Morgan fingerprint density at radius 1 is 1.38 bits per heavy atom. The molecule has 3 N–H and O–H groups in total. The number of rotatable bonds is 2. The SMILES string of the molecule is Cc1cc(C(N)=O)ccc1N1CCNCC1. The standard InChI is InChI=1S/C12H17N3O/c1-9-8-10(12(13)16)2-3-11(9)15-6-4-14-5-7-15/h2-3,8,14H,4-7H2,1H3,(H2,13,16). The van der Waals surface area contributed by atoms with Gasteiger partial charge >= 0.3 is 0 Å². The first-order valence-electron chi connectivity index (χ1n) is 5.54. The molecule has 0 saturated carbocycles. The van der Waals surface area contributed by atoms with Crippen LogP contribution in [0.5, 0.6) is 0 Å². The molecule has 1 saturated heterocycles. The second-order valence-electron chi connectivity index (χ2n) is 4.10. The Balaban J connectivity index is 2.24. The van der Waals surface area contributed by atoms with E-state index in [2.05, 4.69) is 10.2 Å². The molecule has 1 amide bonds. The summed E-state index contributed by atoms with van der Waals surface area (Å²) in [5, 5.41) is 3.32. The lowest BCUT2D eigenvalue weighted by atomic mass is 10.1. The van der Waals surface area contributed by atoms with Gasteiger partial charge in [-0.25, -0.2) is 0 Å². The number of nitrogens with one attached hydrogen (secondary N) is 1. The maximum absolute atomic E-state index is 11.0. The molecule has 2 rings (SSSR count). The molecule has 0 aliphatic carbocycles. The summed E-state index contributed by atoms with van der Waals surface area (Å²) < 4.78 is 0. The highest BCUT2D eigenvalue weighted by Gasteiger charge is 2.13. The molecule has 0 bridgehead atoms. The summed E-state index contributed by atoms with van der Waals surface area (Å²) in [6.07, 6.45) is 0. The Morgan fingerprint density at radius 3 is 2.62 bits per heavy atom. The number of aryl methyl sites for hydroxylation is 1. The fraction of sp³-hybridized carbons (Fsp3) is 0.417. The molecule has 16 heavy (non-hydrogen) atoms. The molecule has 0 unspecified atom stereocenters. The molecule has 1 aliphatic heterocycles. The first kappa shape index (κ1) is 11.0. The quantitative estimate of drug-likeness (QED) is 0.761. The molecule has 4 nitrogen and oxygen atoms in total. The van der Waals surface area contributed by atoms with Crippen LogP contribution in [0.1, 0.15) is 15.9 Å². The van der Waals surface area contributed by atoms with Crippen molar-refractivity contribution < 1.29 is 4.79 Å². The summed E-state index contributed by atoms with van der Waals surface area (Å²) in [4.78, 5) is 13.4. The first-order valence-corrected chi connectivity index (χ1v) is 5.54. The topological polar surface area (TPSA) is 58.4 Å². The van der Waals surface area contributed by atoms with Gasteiger partial charge in [-0.1, -0.05) is 0 Å². The summed E-state index contributed by atoms with van der Waals surface area (Å²) in [5.41, 5.74) is 8.14. The number of primary amides is 1. The van der Waals surface area contributed by atoms with Gasteiger partial charge in [-0.2, -0.15) is 0 Å². The van der Waals surface area contributed by atoms with Gasteiger partial charge in [0.15, 0.2) is 0 Å². The fourth-order valence-corrected chi connectivity index (χ4v) is 2.07. The van der Waals surface area contributed by atoms with Crippen LogP contribution in [0.3, 0.4) is 0 Å². The van der Waals surface area contributed by atoms with Crippen molar-refractivity contribution in [2.75, 3.05) is 31.1 Å². The molecule has 4 heteroatoms. The average molecular weight is 219 g/mol. The van der Waals surface area contributed by atoms with Gasteiger partial charge in [-0.15, -0.1) is 0 Å². The minimum atomic E-state index is -0.366. The van der Waals surface area contributed by atoms with Crippen molar-refractivity contribution in [1.29, 1.82) is 0 Å². The minimum absolute atomic E-state index is 0.366. The Kier molecular flexibility index (Phi) is 3.10. The molecule has 1 heterocycles. The predicted molar refractivity (Wildman–Crippen MR) is 64.8 cm³/mol. The zero-order valence-electron chi connectivity index (χ0n) is 9.49. The number of nitrogens with two attached hydrogens (primary N) is 1. The number of piperazine rings is 1. The van der Waals surface area contributed by atoms with Gasteiger partial charge in [0.05, 0.1) is 0 Å². The predicted octanol–water partition coefficient (Wildman–Crippen LogP) is 0.504. The number of hydrogen-bond donors (Lipinski definition) is 2. The third-order valence-electron chi connectivity index (χ3n) is 2.94. The van der Waals surface area contributed by atoms with Crippen LogP contribution < -0.4 is 16.0 Å². The van der Waals surface area contributed by atoms with Gasteiger partial charge in [0.1, 0.15) is 0 Å². The van der Waals surface area contributed by atoms with Crippen LogP contribution in [0.25, 0.3) is 0 Å². The van der Waals surface area contributed by atoms with Crippen LogP contribution in [0.15, 0.2) is 18.2 Å². The van der Waals surface area contributed by atoms with E-state index in [-0.39, 0.29) is 5.91 Å². The van der Waals surface area contributed by atoms with Crippen molar-refractivity contribution in [2.45, 2.75) is 6.92 Å². The smallest absolute Gasteiger partial charge is 0.248 e. The number of benzene rings is 1. The van der Waals surface area contributed by atoms with E-state index in [1.165, 1.54) is 5.69 Å². The fourth-order valence-electron chi connectivity index (χ4n) is 2.07. The highest BCUT2D eigenvalue weighted by molar-refractivity contribution is 5.93. The van der Waals surface area contributed by atoms with Crippen molar-refractivity contribution >= 4 is 11.6 Å². The maximum Gasteiger partial charge on any atom is 0.248 e. The monoisotopic (exact) mass is 219 g/mol. The van der Waals surface area contributed by atoms with Crippen molar-refractivity contribution in [3.8, 4) is 0 Å². The highest BCUT2D eigenvalue weighted by Crippen LogP contribution is 2.21. The molecule has 1 aliphatic rings. The molecule has 0 aromatic heterocycles. The third-order valence-corrected chi connectivity index (χ3v) is 2.94. The average Bonchev–Trinajstić information content (AvgIpc) is 2.30. The first-order chi connectivity index (χ1) is 7.68. The second kappa shape index (κ2) is 4.53. The van der Waals surface area contributed by atoms with E-state index in [0.29, 0.717) is 5.56 Å². The lowest BCUT2D eigenvalue weighted by Crippen LogP contribution is -2.43. The molecular weight excluding hydrogens is 202 g/mol. The number of carbonyl (C=O) groups is 1. The van der Waals surface area contributed by atoms with Crippen LogP contribution in [0, 0.1) is 6.92 Å².